The van der Waals surface area contributed by atoms with Gasteiger partial charge in [0.15, 0.2) is 11.6 Å². The Kier molecular flexibility index (Phi) is 6.77. The summed E-state index contributed by atoms with van der Waals surface area (Å²) < 4.78 is 15.4. The second kappa shape index (κ2) is 10.1. The van der Waals surface area contributed by atoms with Gasteiger partial charge in [-0.25, -0.2) is 14.4 Å². The van der Waals surface area contributed by atoms with Crippen LogP contribution in [-0.4, -0.2) is 78.0 Å². The van der Waals surface area contributed by atoms with Crippen LogP contribution in [0.15, 0.2) is 43.3 Å². The molecule has 1 atom stereocenters. The molecule has 0 radical (unpaired) electrons. The van der Waals surface area contributed by atoms with Crippen LogP contribution in [0.5, 0.6) is 0 Å². The molecule has 3 aliphatic heterocycles. The van der Waals surface area contributed by atoms with Crippen LogP contribution in [-0.2, 0) is 6.54 Å². The average molecular weight is 493 g/mol. The highest BCUT2D eigenvalue weighted by Gasteiger charge is 2.31. The fraction of sp³-hybridized carbons (Fsp3) is 0.423. The lowest BCUT2D eigenvalue weighted by molar-refractivity contribution is 0.0966. The van der Waals surface area contributed by atoms with E-state index in [-0.39, 0.29) is 29.9 Å². The summed E-state index contributed by atoms with van der Waals surface area (Å²) in [6.45, 7) is 13.5. The Balaban J connectivity index is 1.36. The molecular weight excluding hydrogens is 459 g/mol. The van der Waals surface area contributed by atoms with E-state index in [0.717, 1.165) is 56.9 Å². The van der Waals surface area contributed by atoms with Crippen LogP contribution in [0.3, 0.4) is 0 Å². The number of pyridine rings is 2. The van der Waals surface area contributed by atoms with Gasteiger partial charge in [-0.1, -0.05) is 13.2 Å². The SMILES string of the molecule is C=CC(=C)N1CCCC(Nc2nc(Nc3ccc(N4CCN(C)CC4)cn3)c3c(c2F)CNC3=O)C1. The second-order valence-corrected chi connectivity index (χ2v) is 9.60. The molecule has 0 aliphatic carbocycles. The minimum absolute atomic E-state index is 0.00518. The van der Waals surface area contributed by atoms with Crippen molar-refractivity contribution in [2.24, 2.45) is 0 Å². The Bertz CT molecular complexity index is 1160. The zero-order chi connectivity index (χ0) is 25.2. The third-order valence-electron chi connectivity index (χ3n) is 7.15. The molecule has 5 heterocycles. The number of fused-ring (bicyclic) bond motifs is 1. The van der Waals surface area contributed by atoms with E-state index in [0.29, 0.717) is 23.7 Å². The summed E-state index contributed by atoms with van der Waals surface area (Å²) in [7, 11) is 2.12. The zero-order valence-corrected chi connectivity index (χ0v) is 20.7. The Labute approximate surface area is 211 Å². The van der Waals surface area contributed by atoms with Crippen LogP contribution in [0, 0.1) is 5.82 Å². The molecule has 2 aromatic rings. The van der Waals surface area contributed by atoms with Crippen molar-refractivity contribution in [3.8, 4) is 0 Å². The van der Waals surface area contributed by atoms with Gasteiger partial charge in [-0.15, -0.1) is 0 Å². The van der Waals surface area contributed by atoms with Gasteiger partial charge in [0.25, 0.3) is 5.91 Å². The number of nitrogens with zero attached hydrogens (tertiary/aromatic N) is 5. The zero-order valence-electron chi connectivity index (χ0n) is 20.7. The predicted molar refractivity (Wildman–Crippen MR) is 140 cm³/mol. The normalized spacial score (nSPS) is 20.1. The van der Waals surface area contributed by atoms with Crippen molar-refractivity contribution in [2.75, 3.05) is 61.8 Å². The van der Waals surface area contributed by atoms with Crippen molar-refractivity contribution >= 4 is 29.0 Å². The first-order valence-corrected chi connectivity index (χ1v) is 12.4. The second-order valence-electron chi connectivity index (χ2n) is 9.60. The maximum absolute atomic E-state index is 15.4. The molecule has 2 fully saturated rings. The summed E-state index contributed by atoms with van der Waals surface area (Å²) in [5.74, 6) is 0.147. The minimum atomic E-state index is -0.494. The Morgan fingerprint density at radius 1 is 1.22 bits per heavy atom. The van der Waals surface area contributed by atoms with Gasteiger partial charge in [0, 0.05) is 63.1 Å². The van der Waals surface area contributed by atoms with E-state index in [1.165, 1.54) is 0 Å². The van der Waals surface area contributed by atoms with E-state index in [1.807, 2.05) is 18.3 Å². The lowest BCUT2D eigenvalue weighted by atomic mass is 10.0. The Hall–Kier alpha value is -3.66. The van der Waals surface area contributed by atoms with Gasteiger partial charge in [0.05, 0.1) is 17.4 Å². The molecule has 190 valence electrons. The van der Waals surface area contributed by atoms with Crippen molar-refractivity contribution in [1.29, 1.82) is 0 Å². The molecule has 1 amide bonds. The van der Waals surface area contributed by atoms with Gasteiger partial charge in [0.1, 0.15) is 11.6 Å². The van der Waals surface area contributed by atoms with Crippen LogP contribution >= 0.6 is 0 Å². The number of carbonyl (C=O) groups excluding carboxylic acids is 1. The summed E-state index contributed by atoms with van der Waals surface area (Å²) in [6.07, 6.45) is 5.39. The lowest BCUT2D eigenvalue weighted by Crippen LogP contribution is -2.44. The first-order valence-electron chi connectivity index (χ1n) is 12.4. The van der Waals surface area contributed by atoms with Gasteiger partial charge in [-0.3, -0.25) is 4.79 Å². The fourth-order valence-corrected chi connectivity index (χ4v) is 4.98. The van der Waals surface area contributed by atoms with E-state index in [4.69, 9.17) is 0 Å². The number of piperidine rings is 1. The number of likely N-dealkylation sites (N-methyl/N-ethyl adjacent to an activating group) is 1. The summed E-state index contributed by atoms with van der Waals surface area (Å²) >= 11 is 0. The first-order chi connectivity index (χ1) is 17.4. The molecule has 1 unspecified atom stereocenters. The third-order valence-corrected chi connectivity index (χ3v) is 7.15. The summed E-state index contributed by atoms with van der Waals surface area (Å²) in [5, 5.41) is 9.15. The number of likely N-dealkylation sites (tertiary alicyclic amines) is 1. The highest BCUT2D eigenvalue weighted by atomic mass is 19.1. The smallest absolute Gasteiger partial charge is 0.255 e. The number of allylic oxidation sites excluding steroid dienone is 1. The van der Waals surface area contributed by atoms with Crippen LogP contribution in [0.1, 0.15) is 28.8 Å². The van der Waals surface area contributed by atoms with Crippen molar-refractivity contribution < 1.29 is 9.18 Å². The van der Waals surface area contributed by atoms with Crippen LogP contribution < -0.4 is 20.9 Å². The quantitative estimate of drug-likeness (QED) is 0.509. The molecule has 3 aliphatic rings. The van der Waals surface area contributed by atoms with Crippen molar-refractivity contribution in [3.63, 3.8) is 0 Å². The highest BCUT2D eigenvalue weighted by molar-refractivity contribution is 6.03. The molecule has 2 aromatic heterocycles. The van der Waals surface area contributed by atoms with Gasteiger partial charge in [0.2, 0.25) is 0 Å². The van der Waals surface area contributed by atoms with E-state index in [2.05, 4.69) is 60.8 Å². The summed E-state index contributed by atoms with van der Waals surface area (Å²) in [5.41, 5.74) is 2.45. The van der Waals surface area contributed by atoms with E-state index >= 15 is 4.39 Å². The minimum Gasteiger partial charge on any atom is -0.370 e. The molecule has 0 aromatic carbocycles. The number of hydrogen-bond donors (Lipinski definition) is 3. The summed E-state index contributed by atoms with van der Waals surface area (Å²) in [4.78, 5) is 28.3. The Morgan fingerprint density at radius 2 is 2.03 bits per heavy atom. The molecule has 9 nitrogen and oxygen atoms in total. The van der Waals surface area contributed by atoms with Crippen LogP contribution in [0.2, 0.25) is 0 Å². The molecule has 5 rings (SSSR count). The Morgan fingerprint density at radius 3 is 2.75 bits per heavy atom. The van der Waals surface area contributed by atoms with E-state index < -0.39 is 5.82 Å². The maximum atomic E-state index is 15.4. The van der Waals surface area contributed by atoms with Crippen LogP contribution in [0.25, 0.3) is 0 Å². The lowest BCUT2D eigenvalue weighted by Gasteiger charge is -2.35. The number of anilines is 4. The molecule has 10 heteroatoms. The molecule has 0 bridgehead atoms. The maximum Gasteiger partial charge on any atom is 0.255 e. The van der Waals surface area contributed by atoms with E-state index in [1.54, 1.807) is 6.08 Å². The van der Waals surface area contributed by atoms with Gasteiger partial charge < -0.3 is 30.7 Å². The molecular formula is C26H33FN8O. The molecule has 2 saturated heterocycles. The van der Waals surface area contributed by atoms with Gasteiger partial charge in [-0.05, 0) is 38.1 Å². The third kappa shape index (κ3) is 4.86. The molecule has 0 saturated carbocycles. The number of aromatic nitrogens is 2. The molecule has 3 N–H and O–H groups in total. The molecule has 0 spiro atoms. The predicted octanol–water partition coefficient (Wildman–Crippen LogP) is 2.93. The average Bonchev–Trinajstić information content (AvgIpc) is 3.29. The number of hydrogen-bond acceptors (Lipinski definition) is 8. The van der Waals surface area contributed by atoms with Crippen molar-refractivity contribution in [2.45, 2.75) is 25.4 Å². The van der Waals surface area contributed by atoms with Gasteiger partial charge >= 0.3 is 0 Å². The number of amides is 1. The fourth-order valence-electron chi connectivity index (χ4n) is 4.98. The van der Waals surface area contributed by atoms with Crippen molar-refractivity contribution in [1.82, 2.24) is 25.1 Å². The molecule has 36 heavy (non-hydrogen) atoms. The number of carbonyl (C=O) groups is 1. The van der Waals surface area contributed by atoms with E-state index in [9.17, 15) is 4.79 Å². The first kappa shape index (κ1) is 24.1. The topological polar surface area (TPSA) is 88.7 Å². The largest absolute Gasteiger partial charge is 0.370 e. The number of halogens is 1. The van der Waals surface area contributed by atoms with Crippen molar-refractivity contribution in [3.05, 3.63) is 60.2 Å². The standard InChI is InChI=1S/C26H33FN8O/c1-4-17(2)35-9-5-6-18(16-35)30-25-23(27)20-15-29-26(36)22(20)24(32-25)31-21-8-7-19(14-28-21)34-12-10-33(3)11-13-34/h4,7-8,14,18H,1-2,5-6,9-13,15-16H2,3H3,(H,29,36)(H2,28,30,31,32). The number of rotatable bonds is 7. The van der Waals surface area contributed by atoms with Crippen LogP contribution in [0.4, 0.5) is 27.5 Å². The van der Waals surface area contributed by atoms with Gasteiger partial charge in [-0.2, -0.15) is 0 Å². The summed E-state index contributed by atoms with van der Waals surface area (Å²) in [6, 6.07) is 3.87. The number of piperazine rings is 1. The monoisotopic (exact) mass is 492 g/mol. The highest BCUT2D eigenvalue weighted by Crippen LogP contribution is 2.32. The number of nitrogens with one attached hydrogen (secondary N) is 3.